The molecule has 3 heterocycles. The van der Waals surface area contributed by atoms with Crippen molar-refractivity contribution >= 4 is 42.0 Å². The van der Waals surface area contributed by atoms with Crippen molar-refractivity contribution in [2.75, 3.05) is 29.9 Å². The van der Waals surface area contributed by atoms with Crippen LogP contribution >= 0.6 is 12.6 Å². The van der Waals surface area contributed by atoms with Gasteiger partial charge in [0.25, 0.3) is 5.91 Å². The van der Waals surface area contributed by atoms with E-state index >= 15 is 0 Å². The number of urea groups is 1. The molecule has 0 unspecified atom stereocenters. The fraction of sp³-hybridized carbons (Fsp3) is 0.462. The maximum Gasteiger partial charge on any atom is 0.416 e. The summed E-state index contributed by atoms with van der Waals surface area (Å²) >= 11 is 4.12. The van der Waals surface area contributed by atoms with Gasteiger partial charge in [0.1, 0.15) is 11.4 Å². The molecule has 0 saturated carbocycles. The number of hydrogen-bond acceptors (Lipinski definition) is 6. The van der Waals surface area contributed by atoms with E-state index in [-0.39, 0.29) is 23.0 Å². The van der Waals surface area contributed by atoms with Crippen LogP contribution in [0.2, 0.25) is 0 Å². The number of carbonyl (C=O) groups excluding carboxylic acids is 3. The Bertz CT molecular complexity index is 1230. The predicted octanol–water partition coefficient (Wildman–Crippen LogP) is 4.95. The number of nitrogens with zero attached hydrogens (tertiary/aromatic N) is 4. The van der Waals surface area contributed by atoms with Gasteiger partial charge in [0.05, 0.1) is 11.3 Å². The average molecular weight is 550 g/mol. The summed E-state index contributed by atoms with van der Waals surface area (Å²) in [5.74, 6) is -0.417. The molecule has 4 amide bonds. The lowest BCUT2D eigenvalue weighted by molar-refractivity contribution is -0.137. The SMILES string of the molecule is CC1(C)C(=O)N(c2ccc(C(F)(F)F)cc2S)C(=O)N1Cc1ccnc(NC(=O)CCN2CCCCC2)c1. The molecule has 1 aromatic heterocycles. The van der Waals surface area contributed by atoms with Crippen molar-refractivity contribution in [2.24, 2.45) is 0 Å². The smallest absolute Gasteiger partial charge is 0.311 e. The number of pyridine rings is 1. The van der Waals surface area contributed by atoms with E-state index < -0.39 is 29.2 Å². The van der Waals surface area contributed by atoms with E-state index in [9.17, 15) is 27.6 Å². The molecule has 4 rings (SSSR count). The lowest BCUT2D eigenvalue weighted by atomic mass is 10.0. The quantitative estimate of drug-likeness (QED) is 0.377. The van der Waals surface area contributed by atoms with Crippen molar-refractivity contribution in [3.8, 4) is 0 Å². The molecule has 2 fully saturated rings. The van der Waals surface area contributed by atoms with E-state index in [1.807, 2.05) is 0 Å². The van der Waals surface area contributed by atoms with Crippen LogP contribution in [0.25, 0.3) is 0 Å². The fourth-order valence-corrected chi connectivity index (χ4v) is 4.99. The molecule has 0 atom stereocenters. The number of aromatic nitrogens is 1. The van der Waals surface area contributed by atoms with Crippen LogP contribution in [0, 0.1) is 0 Å². The molecule has 0 radical (unpaired) electrons. The van der Waals surface area contributed by atoms with Crippen molar-refractivity contribution < 1.29 is 27.6 Å². The van der Waals surface area contributed by atoms with Crippen molar-refractivity contribution in [1.82, 2.24) is 14.8 Å². The molecule has 0 aliphatic carbocycles. The largest absolute Gasteiger partial charge is 0.416 e. The number of imide groups is 1. The Morgan fingerprint density at radius 1 is 1.11 bits per heavy atom. The Morgan fingerprint density at radius 2 is 1.82 bits per heavy atom. The molecule has 2 aromatic rings. The zero-order valence-electron chi connectivity index (χ0n) is 21.2. The second-order valence-corrected chi connectivity index (χ2v) is 10.5. The summed E-state index contributed by atoms with van der Waals surface area (Å²) in [6, 6.07) is 5.30. The monoisotopic (exact) mass is 549 g/mol. The van der Waals surface area contributed by atoms with Crippen molar-refractivity contribution in [3.63, 3.8) is 0 Å². The number of benzene rings is 1. The number of nitrogens with one attached hydrogen (secondary N) is 1. The minimum Gasteiger partial charge on any atom is -0.311 e. The Morgan fingerprint density at radius 3 is 2.47 bits per heavy atom. The number of amides is 4. The molecule has 2 saturated heterocycles. The molecule has 204 valence electrons. The minimum atomic E-state index is -4.58. The van der Waals surface area contributed by atoms with Crippen molar-refractivity contribution in [2.45, 2.75) is 62.7 Å². The molecular weight excluding hydrogens is 519 g/mol. The zero-order chi connectivity index (χ0) is 27.7. The fourth-order valence-electron chi connectivity index (χ4n) is 4.67. The average Bonchev–Trinajstić information content (AvgIpc) is 3.02. The third kappa shape index (κ3) is 5.96. The summed E-state index contributed by atoms with van der Waals surface area (Å²) in [5, 5.41) is 2.79. The number of likely N-dealkylation sites (tertiary alicyclic amines) is 1. The number of alkyl halides is 3. The predicted molar refractivity (Wildman–Crippen MR) is 139 cm³/mol. The lowest BCUT2D eigenvalue weighted by Crippen LogP contribution is -2.43. The van der Waals surface area contributed by atoms with Gasteiger partial charge < -0.3 is 15.1 Å². The Labute approximate surface area is 224 Å². The van der Waals surface area contributed by atoms with Gasteiger partial charge >= 0.3 is 12.2 Å². The summed E-state index contributed by atoms with van der Waals surface area (Å²) in [6.07, 6.45) is 0.772. The van der Waals surface area contributed by atoms with Crippen molar-refractivity contribution in [3.05, 3.63) is 47.7 Å². The number of rotatable bonds is 7. The minimum absolute atomic E-state index is 0.0236. The molecule has 0 bridgehead atoms. The maximum absolute atomic E-state index is 13.4. The normalized spacial score (nSPS) is 18.3. The molecular formula is C26H30F3N5O3S. The first kappa shape index (κ1) is 27.9. The van der Waals surface area contributed by atoms with Gasteiger partial charge in [-0.25, -0.2) is 14.7 Å². The number of piperidine rings is 1. The standard InChI is InChI=1S/C26H30F3N5O3S/c1-25(2)23(36)34(19-7-6-18(15-20(19)38)26(27,28)29)24(37)33(25)16-17-8-10-30-21(14-17)31-22(35)9-13-32-11-4-3-5-12-32/h6-8,10,14-15,38H,3-5,9,11-13,16H2,1-2H3,(H,30,31,35). The van der Waals surface area contributed by atoms with Gasteiger partial charge in [-0.05, 0) is 75.7 Å². The van der Waals surface area contributed by atoms with E-state index in [1.54, 1.807) is 26.0 Å². The second kappa shape index (κ2) is 10.9. The molecule has 0 spiro atoms. The first-order chi connectivity index (χ1) is 17.9. The van der Waals surface area contributed by atoms with E-state index in [1.165, 1.54) is 17.5 Å². The summed E-state index contributed by atoms with van der Waals surface area (Å²) in [6.45, 7) is 5.84. The van der Waals surface area contributed by atoms with Crippen LogP contribution in [-0.2, 0) is 22.3 Å². The van der Waals surface area contributed by atoms with Crippen LogP contribution in [0.1, 0.15) is 50.7 Å². The Kier molecular flexibility index (Phi) is 8.03. The number of thiol groups is 1. The molecule has 2 aliphatic heterocycles. The number of carbonyl (C=O) groups is 3. The Hall–Kier alpha value is -3.12. The highest BCUT2D eigenvalue weighted by Crippen LogP contribution is 2.39. The molecule has 12 heteroatoms. The molecule has 8 nitrogen and oxygen atoms in total. The Balaban J connectivity index is 1.46. The zero-order valence-corrected chi connectivity index (χ0v) is 22.1. The van der Waals surface area contributed by atoms with Gasteiger partial charge in [0.15, 0.2) is 0 Å². The lowest BCUT2D eigenvalue weighted by Gasteiger charge is -2.27. The second-order valence-electron chi connectivity index (χ2n) is 10.0. The third-order valence-corrected chi connectivity index (χ3v) is 7.26. The van der Waals surface area contributed by atoms with Crippen LogP contribution < -0.4 is 10.2 Å². The van der Waals surface area contributed by atoms with Gasteiger partial charge in [-0.3, -0.25) is 9.59 Å². The summed E-state index contributed by atoms with van der Waals surface area (Å²) < 4.78 is 39.2. The van der Waals surface area contributed by atoms with E-state index in [4.69, 9.17) is 0 Å². The van der Waals surface area contributed by atoms with Gasteiger partial charge in [-0.1, -0.05) is 6.42 Å². The topological polar surface area (TPSA) is 85.9 Å². The van der Waals surface area contributed by atoms with Gasteiger partial charge in [0, 0.05) is 30.6 Å². The molecule has 1 N–H and O–H groups in total. The summed E-state index contributed by atoms with van der Waals surface area (Å²) in [5.41, 5.74) is -1.60. The number of anilines is 2. The van der Waals surface area contributed by atoms with Gasteiger partial charge in [-0.15, -0.1) is 12.6 Å². The summed E-state index contributed by atoms with van der Waals surface area (Å²) in [4.78, 5) is 47.5. The number of halogens is 3. The molecule has 38 heavy (non-hydrogen) atoms. The maximum atomic E-state index is 13.4. The van der Waals surface area contributed by atoms with Crippen LogP contribution in [-0.4, -0.2) is 57.8 Å². The highest BCUT2D eigenvalue weighted by molar-refractivity contribution is 7.80. The van der Waals surface area contributed by atoms with Gasteiger partial charge in [0.2, 0.25) is 5.91 Å². The van der Waals surface area contributed by atoms with Gasteiger partial charge in [-0.2, -0.15) is 13.2 Å². The van der Waals surface area contributed by atoms with E-state index in [0.29, 0.717) is 24.3 Å². The van der Waals surface area contributed by atoms with Crippen LogP contribution in [0.3, 0.4) is 0 Å². The molecule has 1 aromatic carbocycles. The molecule has 2 aliphatic rings. The third-order valence-electron chi connectivity index (χ3n) is 6.90. The summed E-state index contributed by atoms with van der Waals surface area (Å²) in [7, 11) is 0. The highest BCUT2D eigenvalue weighted by atomic mass is 32.1. The van der Waals surface area contributed by atoms with Crippen molar-refractivity contribution in [1.29, 1.82) is 0 Å². The van der Waals surface area contributed by atoms with E-state index in [0.717, 1.165) is 49.0 Å². The first-order valence-electron chi connectivity index (χ1n) is 12.4. The first-order valence-corrected chi connectivity index (χ1v) is 12.9. The highest BCUT2D eigenvalue weighted by Gasteiger charge is 2.52. The van der Waals surface area contributed by atoms with Crippen LogP contribution in [0.5, 0.6) is 0 Å². The van der Waals surface area contributed by atoms with E-state index in [2.05, 4.69) is 27.8 Å². The number of hydrogen-bond donors (Lipinski definition) is 2. The van der Waals surface area contributed by atoms with Crippen LogP contribution in [0.4, 0.5) is 29.5 Å². The van der Waals surface area contributed by atoms with Crippen LogP contribution in [0.15, 0.2) is 41.4 Å².